The van der Waals surface area contributed by atoms with Crippen LogP contribution in [0, 0.1) is 12.3 Å². The van der Waals surface area contributed by atoms with Crippen LogP contribution in [-0.2, 0) is 0 Å². The maximum Gasteiger partial charge on any atom is 0.256 e. The normalized spacial score (nSPS) is 16.9. The molecule has 0 aliphatic heterocycles. The van der Waals surface area contributed by atoms with Crippen LogP contribution in [0.25, 0.3) is 0 Å². The monoisotopic (exact) mass is 252 g/mol. The molecular formula is C13H20N2O3. The van der Waals surface area contributed by atoms with E-state index in [-0.39, 0.29) is 23.8 Å². The van der Waals surface area contributed by atoms with Gasteiger partial charge in [-0.05, 0) is 19.8 Å². The van der Waals surface area contributed by atoms with Crippen molar-refractivity contribution in [2.75, 3.05) is 13.2 Å². The van der Waals surface area contributed by atoms with Crippen LogP contribution in [0.15, 0.2) is 4.52 Å². The summed E-state index contributed by atoms with van der Waals surface area (Å²) in [5, 5.41) is 15.9. The fourth-order valence-corrected chi connectivity index (χ4v) is 1.98. The number of carbonyl (C=O) groups excluding carboxylic acids is 1. The van der Waals surface area contributed by atoms with Gasteiger partial charge in [0.1, 0.15) is 5.56 Å². The van der Waals surface area contributed by atoms with Gasteiger partial charge in [-0.3, -0.25) is 4.79 Å². The Morgan fingerprint density at radius 1 is 1.56 bits per heavy atom. The molecule has 1 heterocycles. The first-order valence-corrected chi connectivity index (χ1v) is 6.34. The molecule has 1 aromatic heterocycles. The molecule has 2 rings (SSSR count). The Balaban J connectivity index is 2.07. The third-order valence-electron chi connectivity index (χ3n) is 3.56. The van der Waals surface area contributed by atoms with Crippen molar-refractivity contribution in [1.29, 1.82) is 0 Å². The summed E-state index contributed by atoms with van der Waals surface area (Å²) in [6.45, 7) is 6.35. The van der Waals surface area contributed by atoms with E-state index in [0.717, 1.165) is 12.8 Å². The third kappa shape index (κ3) is 2.41. The number of aromatic nitrogens is 1. The van der Waals surface area contributed by atoms with E-state index in [4.69, 9.17) is 4.52 Å². The molecule has 0 atom stereocenters. The van der Waals surface area contributed by atoms with Crippen molar-refractivity contribution in [2.45, 2.75) is 39.5 Å². The maximum absolute atomic E-state index is 12.1. The Morgan fingerprint density at radius 3 is 2.72 bits per heavy atom. The van der Waals surface area contributed by atoms with Crippen molar-refractivity contribution in [3.8, 4) is 0 Å². The second-order valence-corrected chi connectivity index (χ2v) is 5.50. The molecule has 1 aliphatic rings. The number of amides is 1. The molecule has 1 aliphatic carbocycles. The van der Waals surface area contributed by atoms with Crippen molar-refractivity contribution in [2.24, 2.45) is 5.41 Å². The minimum Gasteiger partial charge on any atom is -0.396 e. The molecule has 0 spiro atoms. The fourth-order valence-electron chi connectivity index (χ4n) is 1.98. The maximum atomic E-state index is 12.1. The van der Waals surface area contributed by atoms with E-state index >= 15 is 0 Å². The summed E-state index contributed by atoms with van der Waals surface area (Å²) in [6, 6.07) is 0. The highest BCUT2D eigenvalue weighted by molar-refractivity contribution is 5.96. The van der Waals surface area contributed by atoms with E-state index in [1.54, 1.807) is 6.92 Å². The van der Waals surface area contributed by atoms with Crippen molar-refractivity contribution < 1.29 is 14.4 Å². The second-order valence-electron chi connectivity index (χ2n) is 5.50. The lowest BCUT2D eigenvalue weighted by atomic mass is 10.0. The second kappa shape index (κ2) is 4.72. The van der Waals surface area contributed by atoms with Crippen molar-refractivity contribution in [1.82, 2.24) is 10.5 Å². The van der Waals surface area contributed by atoms with Gasteiger partial charge in [0.05, 0.1) is 12.3 Å². The summed E-state index contributed by atoms with van der Waals surface area (Å²) in [4.78, 5) is 12.1. The van der Waals surface area contributed by atoms with Crippen LogP contribution < -0.4 is 5.32 Å². The lowest BCUT2D eigenvalue weighted by Gasteiger charge is -2.13. The van der Waals surface area contributed by atoms with Gasteiger partial charge in [-0.2, -0.15) is 0 Å². The Kier molecular flexibility index (Phi) is 3.43. The number of nitrogens with zero attached hydrogens (tertiary/aromatic N) is 1. The van der Waals surface area contributed by atoms with Crippen molar-refractivity contribution in [3.63, 3.8) is 0 Å². The molecule has 1 amide bonds. The fraction of sp³-hybridized carbons (Fsp3) is 0.692. The number of aryl methyl sites for hydroxylation is 1. The highest BCUT2D eigenvalue weighted by Gasteiger charge is 2.42. The lowest BCUT2D eigenvalue weighted by Crippen LogP contribution is -2.32. The number of aliphatic hydroxyl groups excluding tert-OH is 1. The minimum atomic E-state index is -0.155. The van der Waals surface area contributed by atoms with Crippen molar-refractivity contribution in [3.05, 3.63) is 17.0 Å². The minimum absolute atomic E-state index is 0.0846. The number of rotatable bonds is 5. The van der Waals surface area contributed by atoms with Crippen LogP contribution in [0.4, 0.5) is 0 Å². The van der Waals surface area contributed by atoms with Gasteiger partial charge in [0.15, 0.2) is 5.76 Å². The van der Waals surface area contributed by atoms with E-state index in [2.05, 4.69) is 10.5 Å². The highest BCUT2D eigenvalue weighted by atomic mass is 16.5. The lowest BCUT2D eigenvalue weighted by molar-refractivity contribution is 0.0932. The summed E-state index contributed by atoms with van der Waals surface area (Å²) < 4.78 is 5.19. The molecule has 0 aromatic carbocycles. The predicted octanol–water partition coefficient (Wildman–Crippen LogP) is 1.61. The van der Waals surface area contributed by atoms with Gasteiger partial charge < -0.3 is 14.9 Å². The third-order valence-corrected chi connectivity index (χ3v) is 3.56. The molecule has 0 unspecified atom stereocenters. The quantitative estimate of drug-likeness (QED) is 0.834. The van der Waals surface area contributed by atoms with Gasteiger partial charge in [-0.25, -0.2) is 0 Å². The Morgan fingerprint density at radius 2 is 2.22 bits per heavy atom. The number of nitrogens with one attached hydrogen (secondary N) is 1. The zero-order chi connectivity index (χ0) is 13.3. The molecule has 1 saturated carbocycles. The first-order valence-electron chi connectivity index (χ1n) is 6.34. The van der Waals surface area contributed by atoms with Crippen LogP contribution in [0.3, 0.4) is 0 Å². The highest BCUT2D eigenvalue weighted by Crippen LogP contribution is 2.44. The SMILES string of the molecule is Cc1noc(C(C)C)c1C(=O)NCC1(CO)CC1. The van der Waals surface area contributed by atoms with E-state index in [9.17, 15) is 9.90 Å². The van der Waals surface area contributed by atoms with Crippen LogP contribution in [-0.4, -0.2) is 29.3 Å². The van der Waals surface area contributed by atoms with Crippen molar-refractivity contribution >= 4 is 5.91 Å². The van der Waals surface area contributed by atoms with Crippen LogP contribution in [0.2, 0.25) is 0 Å². The average Bonchev–Trinajstić information content (AvgIpc) is 3.02. The number of aliphatic hydroxyl groups is 1. The number of hydrogen-bond acceptors (Lipinski definition) is 4. The number of carbonyl (C=O) groups is 1. The Bertz CT molecular complexity index is 447. The largest absolute Gasteiger partial charge is 0.396 e. The van der Waals surface area contributed by atoms with Crippen LogP contribution in [0.1, 0.15) is 54.4 Å². The van der Waals surface area contributed by atoms with Crippen LogP contribution >= 0.6 is 0 Å². The van der Waals surface area contributed by atoms with Gasteiger partial charge >= 0.3 is 0 Å². The summed E-state index contributed by atoms with van der Waals surface area (Å²) in [6.07, 6.45) is 1.95. The molecule has 0 bridgehead atoms. The molecule has 1 fully saturated rings. The molecule has 5 nitrogen and oxygen atoms in total. The smallest absolute Gasteiger partial charge is 0.256 e. The average molecular weight is 252 g/mol. The van der Waals surface area contributed by atoms with Gasteiger partial charge in [0.25, 0.3) is 5.91 Å². The van der Waals surface area contributed by atoms with E-state index in [0.29, 0.717) is 23.6 Å². The standard InChI is InChI=1S/C13H20N2O3/c1-8(2)11-10(9(3)15-18-11)12(17)14-6-13(7-16)4-5-13/h8,16H,4-7H2,1-3H3,(H,14,17). The van der Waals surface area contributed by atoms with E-state index in [1.165, 1.54) is 0 Å². The molecule has 100 valence electrons. The summed E-state index contributed by atoms with van der Waals surface area (Å²) >= 11 is 0. The topological polar surface area (TPSA) is 75.4 Å². The van der Waals surface area contributed by atoms with E-state index in [1.807, 2.05) is 13.8 Å². The zero-order valence-electron chi connectivity index (χ0n) is 11.1. The molecule has 5 heteroatoms. The van der Waals surface area contributed by atoms with Gasteiger partial charge in [-0.1, -0.05) is 19.0 Å². The van der Waals surface area contributed by atoms with Gasteiger partial charge in [-0.15, -0.1) is 0 Å². The Labute approximate surface area is 107 Å². The predicted molar refractivity (Wildman–Crippen MR) is 66.4 cm³/mol. The Hall–Kier alpha value is -1.36. The number of hydrogen-bond donors (Lipinski definition) is 2. The van der Waals surface area contributed by atoms with Gasteiger partial charge in [0, 0.05) is 17.9 Å². The first kappa shape index (κ1) is 13.1. The molecule has 0 radical (unpaired) electrons. The zero-order valence-corrected chi connectivity index (χ0v) is 11.1. The molecule has 18 heavy (non-hydrogen) atoms. The molecule has 0 saturated heterocycles. The molecular weight excluding hydrogens is 232 g/mol. The molecule has 2 N–H and O–H groups in total. The van der Waals surface area contributed by atoms with Gasteiger partial charge in [0.2, 0.25) is 0 Å². The first-order chi connectivity index (χ1) is 8.49. The summed E-state index contributed by atoms with van der Waals surface area (Å²) in [5.41, 5.74) is 1.07. The summed E-state index contributed by atoms with van der Waals surface area (Å²) in [5.74, 6) is 0.593. The van der Waals surface area contributed by atoms with E-state index < -0.39 is 0 Å². The summed E-state index contributed by atoms with van der Waals surface area (Å²) in [7, 11) is 0. The van der Waals surface area contributed by atoms with Crippen LogP contribution in [0.5, 0.6) is 0 Å². The molecule has 1 aromatic rings.